The molecule has 5 aromatic rings. The Morgan fingerprint density at radius 2 is 1.52 bits per heavy atom. The van der Waals surface area contributed by atoms with Gasteiger partial charge >= 0.3 is 5.97 Å². The first-order valence-corrected chi connectivity index (χ1v) is 15.8. The summed E-state index contributed by atoms with van der Waals surface area (Å²) in [4.78, 5) is 41.1. The number of ketones is 1. The third kappa shape index (κ3) is 8.80. The molecule has 1 amide bonds. The van der Waals surface area contributed by atoms with Crippen molar-refractivity contribution < 1.29 is 24.2 Å². The van der Waals surface area contributed by atoms with Crippen LogP contribution in [-0.2, 0) is 16.0 Å². The van der Waals surface area contributed by atoms with Crippen molar-refractivity contribution in [1.29, 1.82) is 0 Å². The van der Waals surface area contributed by atoms with E-state index in [1.165, 1.54) is 0 Å². The number of hydrogen-bond acceptors (Lipinski definition) is 6. The molecule has 0 saturated heterocycles. The normalized spacial score (nSPS) is 11.6. The topological polar surface area (TPSA) is 95.9 Å². The van der Waals surface area contributed by atoms with Gasteiger partial charge < -0.3 is 20.1 Å². The number of hydrogen-bond donors (Lipinski definition) is 2. The lowest BCUT2D eigenvalue weighted by molar-refractivity contribution is -0.137. The Kier molecular flexibility index (Phi) is 11.1. The molecule has 0 aliphatic heterocycles. The molecule has 46 heavy (non-hydrogen) atoms. The quantitative estimate of drug-likeness (QED) is 0.0703. The summed E-state index contributed by atoms with van der Waals surface area (Å²) in [5.74, 6) is -0.652. The van der Waals surface area contributed by atoms with Crippen molar-refractivity contribution in [2.45, 2.75) is 18.9 Å². The Bertz CT molecular complexity index is 1750. The molecule has 0 radical (unpaired) electrons. The summed E-state index contributed by atoms with van der Waals surface area (Å²) in [6, 6.07) is 35.7. The molecular formula is C38H34N2O5S. The van der Waals surface area contributed by atoms with Crippen molar-refractivity contribution in [3.05, 3.63) is 154 Å². The molecular weight excluding hydrogens is 596 g/mol. The van der Waals surface area contributed by atoms with Crippen molar-refractivity contribution in [1.82, 2.24) is 0 Å². The highest BCUT2D eigenvalue weighted by Crippen LogP contribution is 2.22. The van der Waals surface area contributed by atoms with E-state index >= 15 is 0 Å². The lowest BCUT2D eigenvalue weighted by Gasteiger charge is -2.21. The molecule has 0 unspecified atom stereocenters. The zero-order valence-electron chi connectivity index (χ0n) is 25.1. The molecule has 1 atom stereocenters. The van der Waals surface area contributed by atoms with E-state index in [1.54, 1.807) is 70.8 Å². The number of carbonyl (C=O) groups excluding carboxylic acids is 2. The van der Waals surface area contributed by atoms with Gasteiger partial charge in [-0.1, -0.05) is 78.9 Å². The Balaban J connectivity index is 1.16. The van der Waals surface area contributed by atoms with Crippen LogP contribution in [0.4, 0.5) is 11.4 Å². The van der Waals surface area contributed by atoms with E-state index in [0.717, 1.165) is 16.1 Å². The first kappa shape index (κ1) is 31.9. The fourth-order valence-corrected chi connectivity index (χ4v) is 5.53. The van der Waals surface area contributed by atoms with Gasteiger partial charge in [-0.15, -0.1) is 11.3 Å². The summed E-state index contributed by atoms with van der Waals surface area (Å²) in [5, 5.41) is 15.0. The molecule has 0 spiro atoms. The first-order chi connectivity index (χ1) is 22.5. The molecule has 0 bridgehead atoms. The molecule has 1 aromatic heterocycles. The minimum absolute atomic E-state index is 0.0994. The highest BCUT2D eigenvalue weighted by Gasteiger charge is 2.21. The number of rotatable bonds is 15. The SMILES string of the molecule is O=C(c1ccccc1)c1ccccc1N[C@@H](Cc1ccc(OCCCN(C(=O)C=Cc2cccs2)c2ccccc2)cc1)C(=O)O. The van der Waals surface area contributed by atoms with Crippen molar-refractivity contribution in [2.24, 2.45) is 0 Å². The van der Waals surface area contributed by atoms with Crippen LogP contribution >= 0.6 is 11.3 Å². The third-order valence-electron chi connectivity index (χ3n) is 7.26. The van der Waals surface area contributed by atoms with Gasteiger partial charge in [0.05, 0.1) is 6.61 Å². The number of thiophene rings is 1. The number of nitrogens with zero attached hydrogens (tertiary/aromatic N) is 1. The second-order valence-corrected chi connectivity index (χ2v) is 11.5. The molecule has 5 rings (SSSR count). The first-order valence-electron chi connectivity index (χ1n) is 15.0. The molecule has 232 valence electrons. The van der Waals surface area contributed by atoms with Gasteiger partial charge in [0.2, 0.25) is 0 Å². The molecule has 0 fully saturated rings. The zero-order valence-corrected chi connectivity index (χ0v) is 25.9. The number of carboxylic acid groups (broad SMARTS) is 1. The predicted molar refractivity (Wildman–Crippen MR) is 184 cm³/mol. The summed E-state index contributed by atoms with van der Waals surface area (Å²) in [5.41, 5.74) is 3.03. The minimum Gasteiger partial charge on any atom is -0.494 e. The van der Waals surface area contributed by atoms with Gasteiger partial charge in [-0.3, -0.25) is 9.59 Å². The van der Waals surface area contributed by atoms with Gasteiger partial charge in [-0.2, -0.15) is 0 Å². The van der Waals surface area contributed by atoms with Crippen LogP contribution in [0.25, 0.3) is 6.08 Å². The Labute approximate surface area is 272 Å². The van der Waals surface area contributed by atoms with Gasteiger partial charge in [0.15, 0.2) is 5.78 Å². The van der Waals surface area contributed by atoms with Crippen LogP contribution in [0.2, 0.25) is 0 Å². The van der Waals surface area contributed by atoms with E-state index in [0.29, 0.717) is 42.1 Å². The van der Waals surface area contributed by atoms with Crippen molar-refractivity contribution in [3.63, 3.8) is 0 Å². The van der Waals surface area contributed by atoms with E-state index in [-0.39, 0.29) is 18.1 Å². The van der Waals surface area contributed by atoms with Crippen LogP contribution in [0.3, 0.4) is 0 Å². The van der Waals surface area contributed by atoms with Crippen LogP contribution < -0.4 is 15.0 Å². The monoisotopic (exact) mass is 630 g/mol. The molecule has 7 nitrogen and oxygen atoms in total. The summed E-state index contributed by atoms with van der Waals surface area (Å²) < 4.78 is 5.95. The summed E-state index contributed by atoms with van der Waals surface area (Å²) in [6.07, 6.45) is 4.24. The second kappa shape index (κ2) is 16.0. The number of benzene rings is 4. The number of amides is 1. The molecule has 8 heteroatoms. The van der Waals surface area contributed by atoms with Gasteiger partial charge in [0.25, 0.3) is 5.91 Å². The minimum atomic E-state index is -1.02. The number of anilines is 2. The highest BCUT2D eigenvalue weighted by molar-refractivity contribution is 7.10. The van der Waals surface area contributed by atoms with E-state index in [4.69, 9.17) is 4.74 Å². The van der Waals surface area contributed by atoms with Gasteiger partial charge in [0.1, 0.15) is 11.8 Å². The smallest absolute Gasteiger partial charge is 0.326 e. The van der Waals surface area contributed by atoms with Gasteiger partial charge in [0, 0.05) is 46.4 Å². The largest absolute Gasteiger partial charge is 0.494 e. The number of carboxylic acids is 1. The predicted octanol–water partition coefficient (Wildman–Crippen LogP) is 7.60. The summed E-state index contributed by atoms with van der Waals surface area (Å²) in [6.45, 7) is 0.881. The zero-order chi connectivity index (χ0) is 32.1. The van der Waals surface area contributed by atoms with Crippen LogP contribution in [0.5, 0.6) is 5.75 Å². The number of para-hydroxylation sites is 2. The van der Waals surface area contributed by atoms with Crippen molar-refractivity contribution in [2.75, 3.05) is 23.4 Å². The molecule has 0 aliphatic carbocycles. The standard InChI is InChI=1S/C38H34N2O5S/c41-36(23-22-32-15-9-26-46-32)40(30-13-5-2-6-14-30)24-10-25-45-31-20-18-28(19-21-31)27-35(38(43)44)39-34-17-8-7-16-33(34)37(42)29-11-3-1-4-12-29/h1-9,11-23,26,35,39H,10,24-25,27H2,(H,43,44)/t35-/m0/s1. The van der Waals surface area contributed by atoms with Gasteiger partial charge in [-0.05, 0) is 65.9 Å². The van der Waals surface area contributed by atoms with Gasteiger partial charge in [-0.25, -0.2) is 4.79 Å². The van der Waals surface area contributed by atoms with E-state index in [9.17, 15) is 19.5 Å². The van der Waals surface area contributed by atoms with E-state index in [2.05, 4.69) is 5.32 Å². The maximum Gasteiger partial charge on any atom is 0.326 e. The Hall–Kier alpha value is -5.47. The second-order valence-electron chi connectivity index (χ2n) is 10.5. The molecule has 0 saturated carbocycles. The van der Waals surface area contributed by atoms with Crippen LogP contribution in [0, 0.1) is 0 Å². The summed E-state index contributed by atoms with van der Waals surface area (Å²) in [7, 11) is 0. The number of aliphatic carboxylic acids is 1. The lowest BCUT2D eigenvalue weighted by atomic mass is 10.00. The highest BCUT2D eigenvalue weighted by atomic mass is 32.1. The number of nitrogens with one attached hydrogen (secondary N) is 1. The maximum absolute atomic E-state index is 13.1. The van der Waals surface area contributed by atoms with Crippen LogP contribution in [0.15, 0.2) is 133 Å². The van der Waals surface area contributed by atoms with Crippen molar-refractivity contribution in [3.8, 4) is 5.75 Å². The van der Waals surface area contributed by atoms with Crippen molar-refractivity contribution >= 4 is 46.4 Å². The van der Waals surface area contributed by atoms with E-state index < -0.39 is 12.0 Å². The average molecular weight is 631 g/mol. The lowest BCUT2D eigenvalue weighted by Crippen LogP contribution is -2.32. The third-order valence-corrected chi connectivity index (χ3v) is 8.10. The molecule has 0 aliphatic rings. The summed E-state index contributed by atoms with van der Waals surface area (Å²) >= 11 is 1.58. The number of carbonyl (C=O) groups is 3. The fraction of sp³-hybridized carbons (Fsp3) is 0.132. The van der Waals surface area contributed by atoms with Crippen LogP contribution in [-0.4, -0.2) is 42.0 Å². The molecule has 4 aromatic carbocycles. The maximum atomic E-state index is 13.1. The Morgan fingerprint density at radius 3 is 2.22 bits per heavy atom. The number of ether oxygens (including phenoxy) is 1. The Morgan fingerprint density at radius 1 is 0.826 bits per heavy atom. The van der Waals surface area contributed by atoms with Crippen LogP contribution in [0.1, 0.15) is 32.8 Å². The molecule has 2 N–H and O–H groups in total. The van der Waals surface area contributed by atoms with E-state index in [1.807, 2.05) is 84.3 Å². The average Bonchev–Trinajstić information content (AvgIpc) is 3.62. The fourth-order valence-electron chi connectivity index (χ4n) is 4.91. The molecule has 1 heterocycles.